The van der Waals surface area contributed by atoms with Crippen LogP contribution in [0.1, 0.15) is 46.0 Å². The van der Waals surface area contributed by atoms with Gasteiger partial charge in [0.15, 0.2) is 5.11 Å². The van der Waals surface area contributed by atoms with Gasteiger partial charge in [-0.3, -0.25) is 0 Å². The van der Waals surface area contributed by atoms with Gasteiger partial charge in [0.05, 0.1) is 4.90 Å². The number of hydrogen-bond acceptors (Lipinski definition) is 3. The lowest BCUT2D eigenvalue weighted by molar-refractivity contribution is 0.194. The number of hydrogen-bond donors (Lipinski definition) is 1. The van der Waals surface area contributed by atoms with Gasteiger partial charge < -0.3 is 10.2 Å². The third kappa shape index (κ3) is 3.99. The van der Waals surface area contributed by atoms with Crippen LogP contribution in [-0.4, -0.2) is 47.9 Å². The molecule has 5 nitrogen and oxygen atoms in total. The van der Waals surface area contributed by atoms with E-state index in [1.165, 1.54) is 6.42 Å². The first kappa shape index (κ1) is 18.6. The van der Waals surface area contributed by atoms with Crippen molar-refractivity contribution in [2.45, 2.75) is 62.9 Å². The van der Waals surface area contributed by atoms with Gasteiger partial charge in [0.25, 0.3) is 0 Å². The number of rotatable bonds is 3. The Morgan fingerprint density at radius 3 is 2.16 bits per heavy atom. The average molecular weight is 382 g/mol. The molecule has 2 aliphatic rings. The fourth-order valence-corrected chi connectivity index (χ4v) is 5.79. The summed E-state index contributed by atoms with van der Waals surface area (Å²) in [5.74, 6) is 0. The summed E-state index contributed by atoms with van der Waals surface area (Å²) in [5.41, 5.74) is 0.829. The van der Waals surface area contributed by atoms with Gasteiger partial charge >= 0.3 is 0 Å². The van der Waals surface area contributed by atoms with Gasteiger partial charge in [-0.2, -0.15) is 4.31 Å². The Morgan fingerprint density at radius 2 is 1.60 bits per heavy atom. The summed E-state index contributed by atoms with van der Waals surface area (Å²) >= 11 is 5.59. The molecule has 1 aromatic rings. The van der Waals surface area contributed by atoms with Crippen LogP contribution in [0.15, 0.2) is 29.2 Å². The molecule has 3 rings (SSSR count). The number of thiocarbonyl (C=S) groups is 1. The molecule has 0 spiro atoms. The van der Waals surface area contributed by atoms with E-state index in [9.17, 15) is 8.42 Å². The van der Waals surface area contributed by atoms with Crippen LogP contribution in [0.3, 0.4) is 0 Å². The first-order valence-electron chi connectivity index (χ1n) is 9.09. The van der Waals surface area contributed by atoms with Gasteiger partial charge in [-0.05, 0) is 82.4 Å². The molecule has 0 bridgehead atoms. The highest BCUT2D eigenvalue weighted by molar-refractivity contribution is 7.89. The van der Waals surface area contributed by atoms with E-state index < -0.39 is 10.0 Å². The van der Waals surface area contributed by atoms with Crippen LogP contribution in [0, 0.1) is 0 Å². The molecule has 2 heterocycles. The Morgan fingerprint density at radius 1 is 1.04 bits per heavy atom. The lowest BCUT2D eigenvalue weighted by Crippen LogP contribution is -2.49. The Kier molecular flexibility index (Phi) is 5.65. The second-order valence-corrected chi connectivity index (χ2v) is 9.43. The van der Waals surface area contributed by atoms with Gasteiger partial charge in [-0.15, -0.1) is 0 Å². The number of nitrogens with zero attached hydrogens (tertiary/aromatic N) is 2. The second-order valence-electron chi connectivity index (χ2n) is 7.10. The number of nitrogens with one attached hydrogen (secondary N) is 1. The molecule has 0 amide bonds. The van der Waals surface area contributed by atoms with Crippen molar-refractivity contribution in [1.82, 2.24) is 9.21 Å². The minimum absolute atomic E-state index is 0.352. The van der Waals surface area contributed by atoms with E-state index in [1.54, 1.807) is 28.6 Å². The molecule has 2 atom stereocenters. The minimum atomic E-state index is -3.36. The fraction of sp³-hybridized carbons (Fsp3) is 0.611. The molecular weight excluding hydrogens is 354 g/mol. The lowest BCUT2D eigenvalue weighted by Gasteiger charge is -2.40. The maximum absolute atomic E-state index is 12.6. The molecule has 138 valence electrons. The summed E-state index contributed by atoms with van der Waals surface area (Å²) < 4.78 is 26.7. The topological polar surface area (TPSA) is 52.7 Å². The van der Waals surface area contributed by atoms with Crippen molar-refractivity contribution in [3.63, 3.8) is 0 Å². The van der Waals surface area contributed by atoms with E-state index in [1.807, 2.05) is 0 Å². The molecule has 2 saturated heterocycles. The average Bonchev–Trinajstić information content (AvgIpc) is 3.10. The first-order chi connectivity index (χ1) is 11.9. The molecule has 25 heavy (non-hydrogen) atoms. The van der Waals surface area contributed by atoms with Crippen LogP contribution in [0.4, 0.5) is 5.69 Å². The molecule has 1 aromatic carbocycles. The summed E-state index contributed by atoms with van der Waals surface area (Å²) in [6, 6.07) is 7.80. The smallest absolute Gasteiger partial charge is 0.243 e. The zero-order valence-corrected chi connectivity index (χ0v) is 16.6. The third-order valence-electron chi connectivity index (χ3n) is 5.24. The molecule has 2 fully saturated rings. The van der Waals surface area contributed by atoms with Gasteiger partial charge in [0.1, 0.15) is 0 Å². The SMILES string of the molecule is C[C@H]1CCC[C@H](C)N1C(=S)Nc1ccc(S(=O)(=O)N2CCCC2)cc1. The molecule has 0 aromatic heterocycles. The highest BCUT2D eigenvalue weighted by atomic mass is 32.2. The van der Waals surface area contributed by atoms with Crippen LogP contribution < -0.4 is 5.32 Å². The minimum Gasteiger partial charge on any atom is -0.344 e. The van der Waals surface area contributed by atoms with E-state index in [0.29, 0.717) is 30.1 Å². The number of piperidine rings is 1. The Balaban J connectivity index is 1.69. The Bertz CT molecular complexity index is 702. The number of anilines is 1. The van der Waals surface area contributed by atoms with E-state index >= 15 is 0 Å². The van der Waals surface area contributed by atoms with Crippen molar-refractivity contribution >= 4 is 33.0 Å². The van der Waals surface area contributed by atoms with Crippen molar-refractivity contribution in [2.75, 3.05) is 18.4 Å². The van der Waals surface area contributed by atoms with E-state index in [0.717, 1.165) is 36.5 Å². The van der Waals surface area contributed by atoms with E-state index in [-0.39, 0.29) is 0 Å². The lowest BCUT2D eigenvalue weighted by atomic mass is 9.98. The monoisotopic (exact) mass is 381 g/mol. The molecular formula is C18H27N3O2S2. The number of benzene rings is 1. The van der Waals surface area contributed by atoms with Crippen molar-refractivity contribution in [1.29, 1.82) is 0 Å². The van der Waals surface area contributed by atoms with E-state index in [4.69, 9.17) is 12.2 Å². The van der Waals surface area contributed by atoms with Crippen LogP contribution in [0.5, 0.6) is 0 Å². The third-order valence-corrected chi connectivity index (χ3v) is 7.46. The highest BCUT2D eigenvalue weighted by Gasteiger charge is 2.28. The summed E-state index contributed by atoms with van der Waals surface area (Å²) in [7, 11) is -3.36. The summed E-state index contributed by atoms with van der Waals surface area (Å²) in [4.78, 5) is 2.61. The molecule has 7 heteroatoms. The van der Waals surface area contributed by atoms with Gasteiger partial charge in [0.2, 0.25) is 10.0 Å². The van der Waals surface area contributed by atoms with Crippen LogP contribution in [0.25, 0.3) is 0 Å². The quantitative estimate of drug-likeness (QED) is 0.813. The van der Waals surface area contributed by atoms with Crippen molar-refractivity contribution in [3.05, 3.63) is 24.3 Å². The predicted molar refractivity (Wildman–Crippen MR) is 105 cm³/mol. The molecule has 0 aliphatic carbocycles. The summed E-state index contributed by atoms with van der Waals surface area (Å²) in [6.45, 7) is 5.65. The maximum atomic E-state index is 12.6. The second kappa shape index (κ2) is 7.60. The Hall–Kier alpha value is -1.18. The van der Waals surface area contributed by atoms with Gasteiger partial charge in [0, 0.05) is 30.9 Å². The van der Waals surface area contributed by atoms with Crippen molar-refractivity contribution in [3.8, 4) is 0 Å². The van der Waals surface area contributed by atoms with Crippen LogP contribution in [0.2, 0.25) is 0 Å². The number of likely N-dealkylation sites (tertiary alicyclic amines) is 1. The summed E-state index contributed by atoms with van der Waals surface area (Å²) in [5, 5.41) is 3.99. The largest absolute Gasteiger partial charge is 0.344 e. The molecule has 0 radical (unpaired) electrons. The van der Waals surface area contributed by atoms with Crippen LogP contribution >= 0.6 is 12.2 Å². The van der Waals surface area contributed by atoms with Crippen molar-refractivity contribution in [2.24, 2.45) is 0 Å². The zero-order valence-electron chi connectivity index (χ0n) is 14.9. The van der Waals surface area contributed by atoms with E-state index in [2.05, 4.69) is 24.1 Å². The molecule has 1 N–H and O–H groups in total. The highest BCUT2D eigenvalue weighted by Crippen LogP contribution is 2.25. The molecule has 0 unspecified atom stereocenters. The van der Waals surface area contributed by atoms with Crippen molar-refractivity contribution < 1.29 is 8.42 Å². The Labute approximate surface area is 156 Å². The predicted octanol–water partition coefficient (Wildman–Crippen LogP) is 3.43. The standard InChI is InChI=1S/C18H27N3O2S2/c1-14-6-5-7-15(2)21(14)18(24)19-16-8-10-17(11-9-16)25(22,23)20-12-3-4-13-20/h8-11,14-15H,3-7,12-13H2,1-2H3,(H,19,24)/t14-,15-/m0/s1. The first-order valence-corrected chi connectivity index (χ1v) is 10.9. The molecule has 0 saturated carbocycles. The van der Waals surface area contributed by atoms with Crippen LogP contribution in [-0.2, 0) is 10.0 Å². The number of sulfonamides is 1. The summed E-state index contributed by atoms with van der Waals surface area (Å²) in [6.07, 6.45) is 5.43. The fourth-order valence-electron chi connectivity index (χ4n) is 3.80. The molecule has 2 aliphatic heterocycles. The maximum Gasteiger partial charge on any atom is 0.243 e. The normalized spacial score (nSPS) is 25.1. The van der Waals surface area contributed by atoms with Gasteiger partial charge in [-0.25, -0.2) is 8.42 Å². The van der Waals surface area contributed by atoms with Gasteiger partial charge in [-0.1, -0.05) is 0 Å². The zero-order chi connectivity index (χ0) is 18.0.